The van der Waals surface area contributed by atoms with Gasteiger partial charge in [-0.2, -0.15) is 16.8 Å². The fourth-order valence-corrected chi connectivity index (χ4v) is 7.24. The van der Waals surface area contributed by atoms with Crippen molar-refractivity contribution in [3.8, 4) is 11.5 Å². The minimum absolute atomic E-state index is 0.0208. The summed E-state index contributed by atoms with van der Waals surface area (Å²) in [6.07, 6.45) is 0. The van der Waals surface area contributed by atoms with Gasteiger partial charge in [-0.25, -0.2) is 4.79 Å². The molecule has 6 rings (SSSR count). The predicted molar refractivity (Wildman–Crippen MR) is 200 cm³/mol. The highest BCUT2D eigenvalue weighted by atomic mass is 32.2. The average molecular weight is 771 g/mol. The van der Waals surface area contributed by atoms with Crippen LogP contribution in [0.1, 0.15) is 31.8 Å². The molecule has 0 aliphatic rings. The molecule has 276 valence electrons. The van der Waals surface area contributed by atoms with Gasteiger partial charge in [0.25, 0.3) is 32.1 Å². The molecule has 0 spiro atoms. The summed E-state index contributed by atoms with van der Waals surface area (Å²) < 4.78 is 67.2. The first-order chi connectivity index (χ1) is 25.4. The molecule has 0 aromatic heterocycles. The number of carbonyl (C=O) groups excluding carboxylic acids is 3. The van der Waals surface area contributed by atoms with E-state index in [2.05, 4.69) is 21.3 Å². The lowest BCUT2D eigenvalue weighted by molar-refractivity contribution is 0.0944. The zero-order valence-corrected chi connectivity index (χ0v) is 29.8. The number of rotatable bonds is 8. The van der Waals surface area contributed by atoms with Gasteiger partial charge in [0.15, 0.2) is 0 Å². The lowest BCUT2D eigenvalue weighted by Crippen LogP contribution is -2.42. The lowest BCUT2D eigenvalue weighted by Gasteiger charge is -2.15. The van der Waals surface area contributed by atoms with Gasteiger partial charge in [-0.15, -0.1) is 0 Å². The Hall–Kier alpha value is -6.53. The fraction of sp³-hybridized carbons (Fsp3) is 0.0541. The predicted octanol–water partition coefficient (Wildman–Crippen LogP) is 6.28. The highest BCUT2D eigenvalue weighted by molar-refractivity contribution is 7.86. The average Bonchev–Trinajstić information content (AvgIpc) is 3.09. The first-order valence-electron chi connectivity index (χ1n) is 15.8. The molecule has 0 unspecified atom stereocenters. The lowest BCUT2D eigenvalue weighted by atomic mass is 10.1. The molecule has 15 nitrogen and oxygen atoms in total. The zero-order valence-electron chi connectivity index (χ0n) is 28.2. The maximum Gasteiger partial charge on any atom is 0.328 e. The van der Waals surface area contributed by atoms with E-state index in [1.807, 2.05) is 0 Å². The summed E-state index contributed by atoms with van der Waals surface area (Å²) in [7, 11) is -9.35. The Bertz CT molecular complexity index is 2600. The van der Waals surface area contributed by atoms with Gasteiger partial charge in [-0.05, 0) is 73.5 Å². The smallest absolute Gasteiger partial charge is 0.328 e. The van der Waals surface area contributed by atoms with Crippen molar-refractivity contribution in [2.24, 2.45) is 0 Å². The molecule has 17 heteroatoms. The van der Waals surface area contributed by atoms with Gasteiger partial charge in [0.2, 0.25) is 0 Å². The summed E-state index contributed by atoms with van der Waals surface area (Å²) >= 11 is 0. The van der Waals surface area contributed by atoms with Crippen molar-refractivity contribution in [3.63, 3.8) is 0 Å². The third-order valence-electron chi connectivity index (χ3n) is 8.43. The van der Waals surface area contributed by atoms with Gasteiger partial charge in [-0.3, -0.25) is 29.3 Å². The van der Waals surface area contributed by atoms with Crippen LogP contribution in [0.4, 0.5) is 27.5 Å². The molecule has 0 saturated carbocycles. The minimum atomic E-state index is -4.67. The number of phenolic OH excluding ortho intramolecular Hbond substituents is 2. The number of aromatic hydroxyl groups is 2. The Morgan fingerprint density at radius 1 is 0.500 bits per heavy atom. The number of fused-ring (bicyclic) bond motifs is 2. The Morgan fingerprint density at radius 2 is 0.889 bits per heavy atom. The van der Waals surface area contributed by atoms with Gasteiger partial charge < -0.3 is 20.8 Å². The second-order valence-electron chi connectivity index (χ2n) is 12.2. The van der Waals surface area contributed by atoms with Crippen molar-refractivity contribution in [1.29, 1.82) is 0 Å². The van der Waals surface area contributed by atoms with Crippen LogP contribution in [-0.4, -0.2) is 54.0 Å². The van der Waals surface area contributed by atoms with E-state index in [9.17, 15) is 50.5 Å². The van der Waals surface area contributed by atoms with E-state index >= 15 is 0 Å². The van der Waals surface area contributed by atoms with E-state index in [-0.39, 0.29) is 32.7 Å². The Balaban J connectivity index is 1.18. The van der Waals surface area contributed by atoms with Crippen molar-refractivity contribution in [3.05, 3.63) is 119 Å². The van der Waals surface area contributed by atoms with Crippen LogP contribution in [0.2, 0.25) is 0 Å². The van der Waals surface area contributed by atoms with Crippen molar-refractivity contribution in [2.45, 2.75) is 23.6 Å². The number of aryl methyl sites for hydroxylation is 2. The molecular weight excluding hydrogens is 741 g/mol. The topological polar surface area (TPSA) is 249 Å². The Labute approximate surface area is 307 Å². The summed E-state index contributed by atoms with van der Waals surface area (Å²) in [6, 6.07) is 21.4. The molecule has 0 bridgehead atoms. The number of phenols is 2. The third-order valence-corrected chi connectivity index (χ3v) is 10.2. The Kier molecular flexibility index (Phi) is 9.74. The molecule has 8 N–H and O–H groups in total. The van der Waals surface area contributed by atoms with Gasteiger partial charge in [0, 0.05) is 67.6 Å². The first-order valence-corrected chi connectivity index (χ1v) is 18.7. The number of hydrogen-bond donors (Lipinski definition) is 8. The molecule has 54 heavy (non-hydrogen) atoms. The Morgan fingerprint density at radius 3 is 1.26 bits per heavy atom. The molecule has 0 atom stereocenters. The van der Waals surface area contributed by atoms with Crippen molar-refractivity contribution < 1.29 is 50.5 Å². The van der Waals surface area contributed by atoms with Gasteiger partial charge >= 0.3 is 6.03 Å². The molecular formula is C37H30N4O11S2. The highest BCUT2D eigenvalue weighted by Gasteiger charge is 2.21. The molecule has 0 aliphatic carbocycles. The second-order valence-corrected chi connectivity index (χ2v) is 15.0. The minimum Gasteiger partial charge on any atom is -0.508 e. The normalized spacial score (nSPS) is 11.6. The summed E-state index contributed by atoms with van der Waals surface area (Å²) in [6.45, 7) is 3.46. The van der Waals surface area contributed by atoms with Crippen molar-refractivity contribution in [2.75, 3.05) is 10.6 Å². The van der Waals surface area contributed by atoms with Crippen LogP contribution in [-0.2, 0) is 20.2 Å². The number of hydrogen-bond acceptors (Lipinski definition) is 11. The van der Waals surface area contributed by atoms with Crippen LogP contribution >= 0.6 is 0 Å². The molecule has 6 aromatic carbocycles. The van der Waals surface area contributed by atoms with E-state index < -0.39 is 59.4 Å². The molecule has 0 radical (unpaired) electrons. The van der Waals surface area contributed by atoms with Gasteiger partial charge in [-0.1, -0.05) is 36.4 Å². The number of carbonyl (C=O) groups is 3. The maximum absolute atomic E-state index is 13.1. The van der Waals surface area contributed by atoms with Crippen molar-refractivity contribution >= 4 is 82.4 Å². The largest absolute Gasteiger partial charge is 0.508 e. The number of benzene rings is 6. The quantitative estimate of drug-likeness (QED) is 0.0795. The number of anilines is 4. The summed E-state index contributed by atoms with van der Waals surface area (Å²) in [5, 5.41) is 31.5. The SMILES string of the molecule is Cc1ccc(C(=O)NC(=O)NC(=O)c2ccc(C)c(Nc3cccc4c(S(=O)(=O)O)cc(O)cc34)c2)cc1Nc1cccc2c(S(=O)(=O)O)cc(O)cc12. The van der Waals surface area contributed by atoms with E-state index in [1.165, 1.54) is 60.7 Å². The molecule has 0 heterocycles. The molecule has 0 saturated heterocycles. The van der Waals surface area contributed by atoms with E-state index in [0.29, 0.717) is 33.9 Å². The van der Waals surface area contributed by atoms with Crippen molar-refractivity contribution in [1.82, 2.24) is 10.6 Å². The van der Waals surface area contributed by atoms with Gasteiger partial charge in [0.1, 0.15) is 21.3 Å². The maximum atomic E-state index is 13.1. The number of urea groups is 1. The summed E-state index contributed by atoms with van der Waals surface area (Å²) in [5.74, 6) is -2.53. The summed E-state index contributed by atoms with van der Waals surface area (Å²) in [5.41, 5.74) is 2.80. The van der Waals surface area contributed by atoms with Crippen LogP contribution in [0.3, 0.4) is 0 Å². The van der Waals surface area contributed by atoms with Gasteiger partial charge in [0.05, 0.1) is 0 Å². The third kappa shape index (κ3) is 7.79. The molecule has 0 fully saturated rings. The number of imide groups is 2. The zero-order chi connectivity index (χ0) is 39.1. The van der Waals surface area contributed by atoms with Crippen LogP contribution in [0.5, 0.6) is 11.5 Å². The van der Waals surface area contributed by atoms with E-state index in [4.69, 9.17) is 0 Å². The first kappa shape index (κ1) is 37.2. The van der Waals surface area contributed by atoms with Crippen LogP contribution in [0.25, 0.3) is 21.5 Å². The van der Waals surface area contributed by atoms with Crippen LogP contribution < -0.4 is 21.3 Å². The van der Waals surface area contributed by atoms with E-state index in [0.717, 1.165) is 12.1 Å². The van der Waals surface area contributed by atoms with E-state index in [1.54, 1.807) is 38.1 Å². The standard InChI is InChI=1S/C37H30N4O11S2/c1-19-9-11-21(13-31(19)38-29-7-3-5-25-27(29)15-23(42)17-33(25)53(47,48)49)35(44)40-37(46)41-36(45)22-12-10-20(2)32(14-22)39-30-8-4-6-26-28(30)16-24(43)18-34(26)54(50,51)52/h3-18,38-39,42-43H,1-2H3,(H,47,48,49)(H,50,51,52)(H2,40,41,44,45,46). The monoisotopic (exact) mass is 770 g/mol. The second kappa shape index (κ2) is 14.1. The molecule has 0 aliphatic heterocycles. The molecule has 4 amide bonds. The van der Waals surface area contributed by atoms with Crippen LogP contribution in [0, 0.1) is 13.8 Å². The fourth-order valence-electron chi connectivity index (χ4n) is 5.79. The van der Waals surface area contributed by atoms with Crippen LogP contribution in [0.15, 0.2) is 107 Å². The number of nitrogens with one attached hydrogen (secondary N) is 4. The summed E-state index contributed by atoms with van der Waals surface area (Å²) in [4.78, 5) is 38.0. The highest BCUT2D eigenvalue weighted by Crippen LogP contribution is 2.36. The number of amides is 4. The molecule has 6 aromatic rings.